The van der Waals surface area contributed by atoms with Crippen molar-refractivity contribution < 1.29 is 9.47 Å². The van der Waals surface area contributed by atoms with E-state index < -0.39 is 0 Å². The molecule has 1 rings (SSSR count). The molecule has 0 saturated heterocycles. The highest BCUT2D eigenvalue weighted by atomic mass is 127. The molecule has 0 heterocycles. The van der Waals surface area contributed by atoms with Crippen molar-refractivity contribution in [2.75, 3.05) is 27.3 Å². The number of ether oxygens (including phenoxy) is 2. The van der Waals surface area contributed by atoms with Gasteiger partial charge < -0.3 is 20.1 Å². The fraction of sp³-hybridized carbons (Fsp3) is 0.588. The van der Waals surface area contributed by atoms with Gasteiger partial charge in [-0.2, -0.15) is 0 Å². The Morgan fingerprint density at radius 2 is 2.00 bits per heavy atom. The molecule has 0 amide bonds. The zero-order valence-electron chi connectivity index (χ0n) is 14.8. The van der Waals surface area contributed by atoms with Crippen molar-refractivity contribution in [2.45, 2.75) is 39.8 Å². The van der Waals surface area contributed by atoms with Gasteiger partial charge in [-0.05, 0) is 38.8 Å². The van der Waals surface area contributed by atoms with Gasteiger partial charge in [0.05, 0.1) is 13.2 Å². The summed E-state index contributed by atoms with van der Waals surface area (Å²) in [5, 5.41) is 6.58. The van der Waals surface area contributed by atoms with Crippen LogP contribution < -0.4 is 15.4 Å². The van der Waals surface area contributed by atoms with E-state index in [1.807, 2.05) is 19.9 Å². The van der Waals surface area contributed by atoms with Gasteiger partial charge in [0, 0.05) is 32.3 Å². The normalized spacial score (nSPS) is 11.1. The van der Waals surface area contributed by atoms with Crippen LogP contribution in [-0.2, 0) is 11.3 Å². The predicted molar refractivity (Wildman–Crippen MR) is 107 cm³/mol. The number of nitrogens with zero attached hydrogens (tertiary/aromatic N) is 1. The first-order valence-corrected chi connectivity index (χ1v) is 7.76. The second-order valence-electron chi connectivity index (χ2n) is 5.44. The number of guanidine groups is 1. The first-order chi connectivity index (χ1) is 10.6. The molecule has 0 aliphatic rings. The topological polar surface area (TPSA) is 54.9 Å². The third kappa shape index (κ3) is 9.00. The highest BCUT2D eigenvalue weighted by Crippen LogP contribution is 2.19. The van der Waals surface area contributed by atoms with Crippen LogP contribution in [0.15, 0.2) is 23.2 Å². The lowest BCUT2D eigenvalue weighted by Crippen LogP contribution is -2.37. The Morgan fingerprint density at radius 1 is 1.26 bits per heavy atom. The molecule has 0 atom stereocenters. The molecule has 0 bridgehead atoms. The Bertz CT molecular complexity index is 479. The summed E-state index contributed by atoms with van der Waals surface area (Å²) in [5.74, 6) is 1.68. The maximum atomic E-state index is 5.51. The molecule has 0 spiro atoms. The molecule has 132 valence electrons. The Kier molecular flexibility index (Phi) is 11.9. The molecule has 1 aromatic rings. The minimum absolute atomic E-state index is 0. The highest BCUT2D eigenvalue weighted by molar-refractivity contribution is 14.0. The van der Waals surface area contributed by atoms with Gasteiger partial charge in [-0.15, -0.1) is 24.0 Å². The van der Waals surface area contributed by atoms with Gasteiger partial charge in [-0.1, -0.05) is 12.1 Å². The van der Waals surface area contributed by atoms with Crippen molar-refractivity contribution in [3.63, 3.8) is 0 Å². The fourth-order valence-corrected chi connectivity index (χ4v) is 2.00. The molecule has 1 aromatic carbocycles. The lowest BCUT2D eigenvalue weighted by Gasteiger charge is -2.14. The van der Waals surface area contributed by atoms with E-state index in [1.54, 1.807) is 14.2 Å². The molecule has 0 aromatic heterocycles. The number of hydrogen-bond acceptors (Lipinski definition) is 3. The van der Waals surface area contributed by atoms with Crippen LogP contribution in [0.25, 0.3) is 0 Å². The van der Waals surface area contributed by atoms with Gasteiger partial charge in [-0.3, -0.25) is 4.99 Å². The number of aryl methyl sites for hydroxylation is 1. The molecule has 0 unspecified atom stereocenters. The smallest absolute Gasteiger partial charge is 0.191 e. The van der Waals surface area contributed by atoms with Gasteiger partial charge in [0.15, 0.2) is 5.96 Å². The minimum atomic E-state index is 0. The van der Waals surface area contributed by atoms with E-state index in [4.69, 9.17) is 9.47 Å². The molecule has 5 nitrogen and oxygen atoms in total. The fourth-order valence-electron chi connectivity index (χ4n) is 2.00. The number of benzene rings is 1. The van der Waals surface area contributed by atoms with Crippen LogP contribution in [0.5, 0.6) is 5.75 Å². The molecule has 0 saturated carbocycles. The molecule has 0 aliphatic heterocycles. The quantitative estimate of drug-likeness (QED) is 0.285. The van der Waals surface area contributed by atoms with E-state index in [1.165, 1.54) is 5.56 Å². The first kappa shape index (κ1) is 22.0. The van der Waals surface area contributed by atoms with Crippen molar-refractivity contribution in [1.82, 2.24) is 10.6 Å². The van der Waals surface area contributed by atoms with Gasteiger partial charge in [0.2, 0.25) is 0 Å². The molecule has 0 aliphatic carbocycles. The third-order valence-corrected chi connectivity index (χ3v) is 3.18. The average molecular weight is 435 g/mol. The number of halogens is 1. The third-order valence-electron chi connectivity index (χ3n) is 3.18. The van der Waals surface area contributed by atoms with Gasteiger partial charge in [0.25, 0.3) is 0 Å². The molecular formula is C17H30IN3O2. The molecule has 0 fully saturated rings. The van der Waals surface area contributed by atoms with Crippen LogP contribution in [0.1, 0.15) is 31.4 Å². The lowest BCUT2D eigenvalue weighted by atomic mass is 10.1. The van der Waals surface area contributed by atoms with Crippen molar-refractivity contribution in [3.8, 4) is 5.75 Å². The zero-order valence-corrected chi connectivity index (χ0v) is 17.1. The molecule has 0 radical (unpaired) electrons. The zero-order chi connectivity index (χ0) is 16.4. The molecule has 6 heteroatoms. The van der Waals surface area contributed by atoms with Crippen LogP contribution in [0, 0.1) is 6.92 Å². The predicted octanol–water partition coefficient (Wildman–Crippen LogP) is 3.10. The monoisotopic (exact) mass is 435 g/mol. The van der Waals surface area contributed by atoms with Crippen molar-refractivity contribution >= 4 is 29.9 Å². The van der Waals surface area contributed by atoms with Gasteiger partial charge in [0.1, 0.15) is 5.75 Å². The largest absolute Gasteiger partial charge is 0.496 e. The first-order valence-electron chi connectivity index (χ1n) is 7.76. The summed E-state index contributed by atoms with van der Waals surface area (Å²) < 4.78 is 10.9. The van der Waals surface area contributed by atoms with Crippen LogP contribution in [0.2, 0.25) is 0 Å². The highest BCUT2D eigenvalue weighted by Gasteiger charge is 2.04. The standard InChI is InChI=1S/C17H29N3O2.HI/c1-13(2)22-10-6-9-19-17(18-4)20-12-15-8-7-14(3)11-16(15)21-5;/h7-8,11,13H,6,9-10,12H2,1-5H3,(H2,18,19,20);1H. The minimum Gasteiger partial charge on any atom is -0.496 e. The Balaban J connectivity index is 0.00000484. The maximum absolute atomic E-state index is 5.51. The molecule has 23 heavy (non-hydrogen) atoms. The lowest BCUT2D eigenvalue weighted by molar-refractivity contribution is 0.0776. The molecular weight excluding hydrogens is 405 g/mol. The van der Waals surface area contributed by atoms with Crippen molar-refractivity contribution in [1.29, 1.82) is 0 Å². The second kappa shape index (κ2) is 12.4. The van der Waals surface area contributed by atoms with Crippen LogP contribution in [-0.4, -0.2) is 39.4 Å². The Hall–Kier alpha value is -1.02. The number of aliphatic imine (C=N–C) groups is 1. The SMILES string of the molecule is CN=C(NCCCOC(C)C)NCc1ccc(C)cc1OC.I. The maximum Gasteiger partial charge on any atom is 0.191 e. The summed E-state index contributed by atoms with van der Waals surface area (Å²) in [5.41, 5.74) is 2.30. The summed E-state index contributed by atoms with van der Waals surface area (Å²) in [6, 6.07) is 6.19. The summed E-state index contributed by atoms with van der Waals surface area (Å²) in [6.45, 7) is 8.40. The Morgan fingerprint density at radius 3 is 2.61 bits per heavy atom. The molecule has 2 N–H and O–H groups in total. The van der Waals surface area contributed by atoms with Crippen LogP contribution >= 0.6 is 24.0 Å². The summed E-state index contributed by atoms with van der Waals surface area (Å²) in [7, 11) is 3.46. The van der Waals surface area contributed by atoms with Gasteiger partial charge in [-0.25, -0.2) is 0 Å². The van der Waals surface area contributed by atoms with E-state index >= 15 is 0 Å². The number of methoxy groups -OCH3 is 1. The van der Waals surface area contributed by atoms with Gasteiger partial charge >= 0.3 is 0 Å². The van der Waals surface area contributed by atoms with E-state index in [9.17, 15) is 0 Å². The number of rotatable bonds is 8. The van der Waals surface area contributed by atoms with Crippen molar-refractivity contribution in [2.24, 2.45) is 4.99 Å². The van der Waals surface area contributed by atoms with E-state index in [0.717, 1.165) is 36.8 Å². The Labute approximate surface area is 157 Å². The summed E-state index contributed by atoms with van der Waals surface area (Å²) in [6.07, 6.45) is 1.23. The number of nitrogens with one attached hydrogen (secondary N) is 2. The summed E-state index contributed by atoms with van der Waals surface area (Å²) >= 11 is 0. The van der Waals surface area contributed by atoms with Crippen molar-refractivity contribution in [3.05, 3.63) is 29.3 Å². The average Bonchev–Trinajstić information content (AvgIpc) is 2.50. The van der Waals surface area contributed by atoms with Crippen LogP contribution in [0.4, 0.5) is 0 Å². The number of hydrogen-bond donors (Lipinski definition) is 2. The van der Waals surface area contributed by atoms with E-state index in [-0.39, 0.29) is 30.1 Å². The van der Waals surface area contributed by atoms with E-state index in [2.05, 4.69) is 34.7 Å². The second-order valence-corrected chi connectivity index (χ2v) is 5.44. The van der Waals surface area contributed by atoms with Crippen LogP contribution in [0.3, 0.4) is 0 Å². The van der Waals surface area contributed by atoms with E-state index in [0.29, 0.717) is 6.54 Å². The summed E-state index contributed by atoms with van der Waals surface area (Å²) in [4.78, 5) is 4.22.